The minimum absolute atomic E-state index is 0.150. The van der Waals surface area contributed by atoms with Crippen molar-refractivity contribution in [2.24, 2.45) is 5.92 Å². The van der Waals surface area contributed by atoms with Gasteiger partial charge in [0.2, 0.25) is 0 Å². The predicted molar refractivity (Wildman–Crippen MR) is 139 cm³/mol. The topological polar surface area (TPSA) is 26.3 Å². The molecule has 0 saturated heterocycles. The molecule has 0 fully saturated rings. The lowest BCUT2D eigenvalue weighted by atomic mass is 10.0. The van der Waals surface area contributed by atoms with E-state index in [1.807, 2.05) is 13.8 Å². The minimum atomic E-state index is -0.150. The van der Waals surface area contributed by atoms with Crippen LogP contribution in [-0.4, -0.2) is 5.97 Å². The highest BCUT2D eigenvalue weighted by atomic mass is 16.5. The number of allylic oxidation sites excluding steroid dienone is 8. The van der Waals surface area contributed by atoms with Crippen LogP contribution in [0.2, 0.25) is 0 Å². The number of unbranched alkanes of at least 4 members (excludes halogenated alkanes) is 3. The lowest BCUT2D eigenvalue weighted by molar-refractivity contribution is -0.135. The molecule has 0 bridgehead atoms. The summed E-state index contributed by atoms with van der Waals surface area (Å²) in [7, 11) is 0. The van der Waals surface area contributed by atoms with E-state index >= 15 is 0 Å². The van der Waals surface area contributed by atoms with Gasteiger partial charge in [0.25, 0.3) is 0 Å². The minimum Gasteiger partial charge on any atom is -0.426 e. The molecule has 0 spiro atoms. The molecule has 1 aromatic carbocycles. The van der Waals surface area contributed by atoms with Crippen LogP contribution in [0.15, 0.2) is 60.7 Å². The quantitative estimate of drug-likeness (QED) is 0.119. The first-order valence-electron chi connectivity index (χ1n) is 12.3. The average Bonchev–Trinajstić information content (AvgIpc) is 2.73. The van der Waals surface area contributed by atoms with Crippen molar-refractivity contribution in [2.75, 3.05) is 0 Å². The van der Waals surface area contributed by atoms with E-state index < -0.39 is 0 Å². The summed E-state index contributed by atoms with van der Waals surface area (Å²) in [6.07, 6.45) is 27.2. The van der Waals surface area contributed by atoms with Gasteiger partial charge in [0, 0.05) is 6.42 Å². The Kier molecular flexibility index (Phi) is 14.9. The Balaban J connectivity index is 2.17. The molecule has 1 unspecified atom stereocenters. The summed E-state index contributed by atoms with van der Waals surface area (Å²) in [5.41, 5.74) is 3.22. The van der Waals surface area contributed by atoms with E-state index in [2.05, 4.69) is 81.5 Å². The molecule has 0 aliphatic carbocycles. The number of aryl methyl sites for hydroxylation is 3. The van der Waals surface area contributed by atoms with Crippen molar-refractivity contribution >= 4 is 5.97 Å². The highest BCUT2D eigenvalue weighted by Gasteiger charge is 2.13. The van der Waals surface area contributed by atoms with Gasteiger partial charge >= 0.3 is 5.97 Å². The number of esters is 1. The molecule has 32 heavy (non-hydrogen) atoms. The molecule has 0 saturated carbocycles. The lowest BCUT2D eigenvalue weighted by Crippen LogP contribution is -2.13. The Labute approximate surface area is 197 Å². The van der Waals surface area contributed by atoms with Crippen LogP contribution in [0.25, 0.3) is 0 Å². The molecule has 2 heteroatoms. The molecule has 0 heterocycles. The van der Waals surface area contributed by atoms with Gasteiger partial charge in [-0.25, -0.2) is 0 Å². The lowest BCUT2D eigenvalue weighted by Gasteiger charge is -2.13. The molecular formula is C30H44O2. The second-order valence-corrected chi connectivity index (χ2v) is 8.84. The maximum absolute atomic E-state index is 12.3. The standard InChI is InChI=1S/C30H44O2/c1-6-7-8-9-10-11-12-13-14-15-16-17-18-19-20-21-25(2)24-29(31)32-30-27(4)22-26(3)23-28(30)5/h10-11,13-14,16-17,19-20,22-23,25H,6-9,12,15,18,21,24H2,1-5H3. The number of hydrogen-bond donors (Lipinski definition) is 0. The zero-order valence-electron chi connectivity index (χ0n) is 21.0. The summed E-state index contributed by atoms with van der Waals surface area (Å²) >= 11 is 0. The van der Waals surface area contributed by atoms with E-state index in [9.17, 15) is 4.79 Å². The fourth-order valence-corrected chi connectivity index (χ4v) is 3.62. The van der Waals surface area contributed by atoms with E-state index in [0.717, 1.165) is 36.8 Å². The number of ether oxygens (including phenoxy) is 1. The van der Waals surface area contributed by atoms with Gasteiger partial charge < -0.3 is 4.74 Å². The SMILES string of the molecule is CCCCCC=CCC=CCC=CCC=CCC(C)CC(=O)Oc1c(C)cc(C)cc1C. The van der Waals surface area contributed by atoms with Gasteiger partial charge in [-0.15, -0.1) is 0 Å². The molecule has 0 radical (unpaired) electrons. The van der Waals surface area contributed by atoms with Crippen molar-refractivity contribution in [1.82, 2.24) is 0 Å². The van der Waals surface area contributed by atoms with Crippen LogP contribution in [0, 0.1) is 26.7 Å². The molecule has 0 amide bonds. The normalized spacial score (nSPS) is 13.2. The van der Waals surface area contributed by atoms with E-state index in [-0.39, 0.29) is 11.9 Å². The first-order valence-corrected chi connectivity index (χ1v) is 12.3. The number of carbonyl (C=O) groups excluding carboxylic acids is 1. The monoisotopic (exact) mass is 436 g/mol. The second-order valence-electron chi connectivity index (χ2n) is 8.84. The van der Waals surface area contributed by atoms with E-state index in [1.54, 1.807) is 0 Å². The Morgan fingerprint density at radius 3 is 1.94 bits per heavy atom. The summed E-state index contributed by atoms with van der Waals surface area (Å²) in [5.74, 6) is 0.834. The highest BCUT2D eigenvalue weighted by molar-refractivity contribution is 5.73. The van der Waals surface area contributed by atoms with Crippen LogP contribution in [0.1, 0.15) is 88.3 Å². The van der Waals surface area contributed by atoms with Gasteiger partial charge in [-0.2, -0.15) is 0 Å². The average molecular weight is 437 g/mol. The maximum atomic E-state index is 12.3. The molecule has 0 aromatic heterocycles. The fourth-order valence-electron chi connectivity index (χ4n) is 3.62. The van der Waals surface area contributed by atoms with Gasteiger partial charge in [-0.3, -0.25) is 4.79 Å². The van der Waals surface area contributed by atoms with Gasteiger partial charge in [-0.05, 0) is 76.3 Å². The number of benzene rings is 1. The van der Waals surface area contributed by atoms with Crippen LogP contribution < -0.4 is 4.74 Å². The van der Waals surface area contributed by atoms with Gasteiger partial charge in [0.1, 0.15) is 5.75 Å². The van der Waals surface area contributed by atoms with Crippen LogP contribution in [0.4, 0.5) is 0 Å². The summed E-state index contributed by atoms with van der Waals surface area (Å²) in [5, 5.41) is 0. The fraction of sp³-hybridized carbons (Fsp3) is 0.500. The Bertz CT molecular complexity index is 757. The van der Waals surface area contributed by atoms with Gasteiger partial charge in [-0.1, -0.05) is 93.0 Å². The molecule has 0 aliphatic rings. The summed E-state index contributed by atoms with van der Waals surface area (Å²) < 4.78 is 5.65. The van der Waals surface area contributed by atoms with Crippen LogP contribution in [0.3, 0.4) is 0 Å². The summed E-state index contributed by atoms with van der Waals surface area (Å²) in [6.45, 7) is 10.4. The molecular weight excluding hydrogens is 392 g/mol. The first kappa shape index (κ1) is 27.7. The van der Waals surface area contributed by atoms with Crippen LogP contribution >= 0.6 is 0 Å². The molecule has 1 rings (SSSR count). The Morgan fingerprint density at radius 1 is 0.844 bits per heavy atom. The van der Waals surface area contributed by atoms with Crippen LogP contribution in [-0.2, 0) is 4.79 Å². The molecule has 0 aliphatic heterocycles. The smallest absolute Gasteiger partial charge is 0.311 e. The van der Waals surface area contributed by atoms with Crippen molar-refractivity contribution in [3.8, 4) is 5.75 Å². The summed E-state index contributed by atoms with van der Waals surface area (Å²) in [4.78, 5) is 12.3. The summed E-state index contributed by atoms with van der Waals surface area (Å²) in [6, 6.07) is 4.11. The van der Waals surface area contributed by atoms with E-state index in [1.165, 1.54) is 31.2 Å². The van der Waals surface area contributed by atoms with Crippen molar-refractivity contribution in [3.63, 3.8) is 0 Å². The number of carbonyl (C=O) groups is 1. The third-order valence-corrected chi connectivity index (χ3v) is 5.33. The third kappa shape index (κ3) is 13.1. The van der Waals surface area contributed by atoms with Gasteiger partial charge in [0.15, 0.2) is 0 Å². The zero-order valence-corrected chi connectivity index (χ0v) is 21.0. The highest BCUT2D eigenvalue weighted by Crippen LogP contribution is 2.25. The number of hydrogen-bond acceptors (Lipinski definition) is 2. The molecule has 1 aromatic rings. The van der Waals surface area contributed by atoms with E-state index in [4.69, 9.17) is 4.74 Å². The van der Waals surface area contributed by atoms with Crippen molar-refractivity contribution in [3.05, 3.63) is 77.4 Å². The van der Waals surface area contributed by atoms with Crippen molar-refractivity contribution in [2.45, 2.75) is 92.4 Å². The van der Waals surface area contributed by atoms with E-state index in [0.29, 0.717) is 12.2 Å². The predicted octanol–water partition coefficient (Wildman–Crippen LogP) is 8.91. The molecule has 176 valence electrons. The Hall–Kier alpha value is -2.35. The number of rotatable bonds is 15. The van der Waals surface area contributed by atoms with Gasteiger partial charge in [0.05, 0.1) is 0 Å². The second kappa shape index (κ2) is 17.2. The molecule has 1 atom stereocenters. The van der Waals surface area contributed by atoms with Crippen molar-refractivity contribution < 1.29 is 9.53 Å². The molecule has 2 nitrogen and oxygen atoms in total. The zero-order chi connectivity index (χ0) is 23.6. The largest absolute Gasteiger partial charge is 0.426 e. The Morgan fingerprint density at radius 2 is 1.38 bits per heavy atom. The van der Waals surface area contributed by atoms with Crippen molar-refractivity contribution in [1.29, 1.82) is 0 Å². The molecule has 0 N–H and O–H groups in total. The first-order chi connectivity index (χ1) is 15.4. The maximum Gasteiger partial charge on any atom is 0.311 e. The third-order valence-electron chi connectivity index (χ3n) is 5.33. The van der Waals surface area contributed by atoms with Crippen LogP contribution in [0.5, 0.6) is 5.75 Å².